The van der Waals surface area contributed by atoms with Crippen molar-refractivity contribution < 1.29 is 14.7 Å². The Labute approximate surface area is 102 Å². The van der Waals surface area contributed by atoms with Crippen LogP contribution in [0, 0.1) is 11.8 Å². The molecule has 17 heavy (non-hydrogen) atoms. The Kier molecular flexibility index (Phi) is 5.97. The molecule has 1 aliphatic heterocycles. The second-order valence-electron chi connectivity index (χ2n) is 4.69. The van der Waals surface area contributed by atoms with Crippen LogP contribution in [-0.2, 0) is 9.59 Å². The zero-order valence-electron chi connectivity index (χ0n) is 10.4. The van der Waals surface area contributed by atoms with Crippen molar-refractivity contribution in [2.24, 2.45) is 11.8 Å². The zero-order chi connectivity index (χ0) is 12.7. The molecule has 5 heteroatoms. The lowest BCUT2D eigenvalue weighted by Gasteiger charge is -2.13. The summed E-state index contributed by atoms with van der Waals surface area (Å²) in [5.74, 6) is -0.897. The molecule has 1 rings (SSSR count). The van der Waals surface area contributed by atoms with Gasteiger partial charge in [-0.15, -0.1) is 0 Å². The van der Waals surface area contributed by atoms with Crippen molar-refractivity contribution in [2.45, 2.75) is 32.6 Å². The van der Waals surface area contributed by atoms with E-state index in [1.807, 2.05) is 6.92 Å². The van der Waals surface area contributed by atoms with Crippen LogP contribution in [0.15, 0.2) is 0 Å². The van der Waals surface area contributed by atoms with Crippen LogP contribution in [0.25, 0.3) is 0 Å². The molecule has 0 aromatic rings. The van der Waals surface area contributed by atoms with Crippen LogP contribution in [-0.4, -0.2) is 36.6 Å². The van der Waals surface area contributed by atoms with Gasteiger partial charge in [0.1, 0.15) is 0 Å². The lowest BCUT2D eigenvalue weighted by Crippen LogP contribution is -2.34. The van der Waals surface area contributed by atoms with Crippen LogP contribution in [0.4, 0.5) is 0 Å². The highest BCUT2D eigenvalue weighted by molar-refractivity contribution is 5.77. The molecule has 0 bridgehead atoms. The molecule has 0 radical (unpaired) electrons. The Bertz CT molecular complexity index is 262. The van der Waals surface area contributed by atoms with Gasteiger partial charge in [-0.1, -0.05) is 13.3 Å². The van der Waals surface area contributed by atoms with Crippen molar-refractivity contribution in [2.75, 3.05) is 19.6 Å². The lowest BCUT2D eigenvalue weighted by molar-refractivity contribution is -0.141. The van der Waals surface area contributed by atoms with Crippen LogP contribution in [0.1, 0.15) is 32.6 Å². The molecule has 1 fully saturated rings. The van der Waals surface area contributed by atoms with Gasteiger partial charge >= 0.3 is 5.97 Å². The number of nitrogens with one attached hydrogen (secondary N) is 2. The maximum atomic E-state index is 11.6. The molecule has 3 N–H and O–H groups in total. The van der Waals surface area contributed by atoms with Gasteiger partial charge in [-0.25, -0.2) is 0 Å². The summed E-state index contributed by atoms with van der Waals surface area (Å²) in [7, 11) is 0. The number of carbonyl (C=O) groups excluding carboxylic acids is 1. The number of amides is 1. The Hall–Kier alpha value is -1.10. The van der Waals surface area contributed by atoms with E-state index >= 15 is 0 Å². The Balaban J connectivity index is 2.22. The third kappa shape index (κ3) is 5.17. The van der Waals surface area contributed by atoms with Crippen molar-refractivity contribution in [1.82, 2.24) is 10.6 Å². The van der Waals surface area contributed by atoms with Crippen molar-refractivity contribution in [3.8, 4) is 0 Å². The van der Waals surface area contributed by atoms with E-state index in [9.17, 15) is 9.59 Å². The summed E-state index contributed by atoms with van der Waals surface area (Å²) >= 11 is 0. The molecular formula is C12H22N2O3. The molecule has 0 aromatic heterocycles. The summed E-state index contributed by atoms with van der Waals surface area (Å²) in [5.41, 5.74) is 0. The summed E-state index contributed by atoms with van der Waals surface area (Å²) in [6, 6.07) is 0. The van der Waals surface area contributed by atoms with Gasteiger partial charge in [-0.3, -0.25) is 9.59 Å². The third-order valence-corrected chi connectivity index (χ3v) is 3.17. The predicted octanol–water partition coefficient (Wildman–Crippen LogP) is 0.603. The molecule has 0 spiro atoms. The van der Waals surface area contributed by atoms with Crippen molar-refractivity contribution in [3.05, 3.63) is 0 Å². The van der Waals surface area contributed by atoms with Gasteiger partial charge in [0.05, 0.1) is 5.92 Å². The lowest BCUT2D eigenvalue weighted by atomic mass is 10.0. The van der Waals surface area contributed by atoms with Crippen LogP contribution in [0.5, 0.6) is 0 Å². The van der Waals surface area contributed by atoms with E-state index in [1.165, 1.54) is 0 Å². The number of carboxylic acid groups (broad SMARTS) is 1. The van der Waals surface area contributed by atoms with E-state index < -0.39 is 11.9 Å². The van der Waals surface area contributed by atoms with Crippen LogP contribution in [0.3, 0.4) is 0 Å². The van der Waals surface area contributed by atoms with Gasteiger partial charge in [0.25, 0.3) is 0 Å². The molecule has 0 aromatic carbocycles. The maximum absolute atomic E-state index is 11.6. The minimum atomic E-state index is -0.824. The van der Waals surface area contributed by atoms with Crippen molar-refractivity contribution in [3.63, 3.8) is 0 Å². The Morgan fingerprint density at radius 3 is 2.82 bits per heavy atom. The maximum Gasteiger partial charge on any atom is 0.308 e. The molecule has 2 unspecified atom stereocenters. The van der Waals surface area contributed by atoms with Gasteiger partial charge in [-0.2, -0.15) is 0 Å². The highest BCUT2D eigenvalue weighted by atomic mass is 16.4. The quantitative estimate of drug-likeness (QED) is 0.611. The summed E-state index contributed by atoms with van der Waals surface area (Å²) in [4.78, 5) is 22.5. The first-order valence-corrected chi connectivity index (χ1v) is 6.33. The number of carboxylic acids is 1. The number of hydrogen-bond donors (Lipinski definition) is 3. The minimum Gasteiger partial charge on any atom is -0.481 e. The topological polar surface area (TPSA) is 78.4 Å². The molecule has 1 saturated heterocycles. The van der Waals surface area contributed by atoms with E-state index in [0.717, 1.165) is 25.9 Å². The molecule has 98 valence electrons. The molecule has 1 amide bonds. The molecule has 0 saturated carbocycles. The first kappa shape index (κ1) is 14.0. The summed E-state index contributed by atoms with van der Waals surface area (Å²) in [6.07, 6.45) is 2.97. The fraction of sp³-hybridized carbons (Fsp3) is 0.833. The average molecular weight is 242 g/mol. The van der Waals surface area contributed by atoms with Crippen LogP contribution in [0.2, 0.25) is 0 Å². The number of rotatable bonds is 7. The molecule has 1 aliphatic rings. The van der Waals surface area contributed by atoms with Gasteiger partial charge in [-0.05, 0) is 31.8 Å². The van der Waals surface area contributed by atoms with E-state index in [2.05, 4.69) is 10.6 Å². The predicted molar refractivity (Wildman–Crippen MR) is 64.6 cm³/mol. The first-order chi connectivity index (χ1) is 8.13. The number of aliphatic carboxylic acids is 1. The monoisotopic (exact) mass is 242 g/mol. The Morgan fingerprint density at radius 2 is 2.29 bits per heavy atom. The van der Waals surface area contributed by atoms with Crippen LogP contribution < -0.4 is 10.6 Å². The SMILES string of the molecule is CCCC(CNC(=O)CC1CCNC1)C(=O)O. The molecule has 2 atom stereocenters. The second-order valence-corrected chi connectivity index (χ2v) is 4.69. The van der Waals surface area contributed by atoms with Gasteiger partial charge in [0.15, 0.2) is 0 Å². The molecule has 1 heterocycles. The number of carbonyl (C=O) groups is 2. The molecular weight excluding hydrogens is 220 g/mol. The van der Waals surface area contributed by atoms with Gasteiger partial charge in [0.2, 0.25) is 5.91 Å². The average Bonchev–Trinajstić information content (AvgIpc) is 2.76. The van der Waals surface area contributed by atoms with Gasteiger partial charge < -0.3 is 15.7 Å². The standard InChI is InChI=1S/C12H22N2O3/c1-2-3-10(12(16)17)8-14-11(15)6-9-4-5-13-7-9/h9-10,13H,2-8H2,1H3,(H,14,15)(H,16,17). The van der Waals surface area contributed by atoms with Gasteiger partial charge in [0, 0.05) is 13.0 Å². The highest BCUT2D eigenvalue weighted by Crippen LogP contribution is 2.12. The van der Waals surface area contributed by atoms with Crippen LogP contribution >= 0.6 is 0 Å². The fourth-order valence-corrected chi connectivity index (χ4v) is 2.12. The molecule has 5 nitrogen and oxygen atoms in total. The van der Waals surface area contributed by atoms with Crippen molar-refractivity contribution >= 4 is 11.9 Å². The first-order valence-electron chi connectivity index (χ1n) is 6.33. The summed E-state index contributed by atoms with van der Waals surface area (Å²) in [5, 5.41) is 14.9. The van der Waals surface area contributed by atoms with E-state index in [-0.39, 0.29) is 12.5 Å². The third-order valence-electron chi connectivity index (χ3n) is 3.17. The number of hydrogen-bond acceptors (Lipinski definition) is 3. The smallest absolute Gasteiger partial charge is 0.308 e. The zero-order valence-corrected chi connectivity index (χ0v) is 10.4. The van der Waals surface area contributed by atoms with E-state index in [1.54, 1.807) is 0 Å². The normalized spacial score (nSPS) is 21.1. The van der Waals surface area contributed by atoms with E-state index in [4.69, 9.17) is 5.11 Å². The summed E-state index contributed by atoms with van der Waals surface area (Å²) < 4.78 is 0. The Morgan fingerprint density at radius 1 is 1.53 bits per heavy atom. The fourth-order valence-electron chi connectivity index (χ4n) is 2.12. The van der Waals surface area contributed by atoms with E-state index in [0.29, 0.717) is 18.8 Å². The minimum absolute atomic E-state index is 0.0268. The second kappa shape index (κ2) is 7.27. The van der Waals surface area contributed by atoms with Crippen molar-refractivity contribution in [1.29, 1.82) is 0 Å². The summed E-state index contributed by atoms with van der Waals surface area (Å²) in [6.45, 7) is 4.07. The largest absolute Gasteiger partial charge is 0.481 e. The molecule has 0 aliphatic carbocycles. The highest BCUT2D eigenvalue weighted by Gasteiger charge is 2.20.